The summed E-state index contributed by atoms with van der Waals surface area (Å²) in [6.45, 7) is 1.89. The van der Waals surface area contributed by atoms with Gasteiger partial charge in [-0.1, -0.05) is 49.4 Å². The summed E-state index contributed by atoms with van der Waals surface area (Å²) in [5.41, 5.74) is 7.55. The monoisotopic (exact) mass is 366 g/mol. The highest BCUT2D eigenvalue weighted by Crippen LogP contribution is 2.25. The first-order chi connectivity index (χ1) is 12.2. The largest absolute Gasteiger partial charge is 0.573 e. The van der Waals surface area contributed by atoms with Crippen LogP contribution in [0.1, 0.15) is 24.1 Å². The summed E-state index contributed by atoms with van der Waals surface area (Å²) in [6.07, 6.45) is -4.75. The van der Waals surface area contributed by atoms with Crippen molar-refractivity contribution in [1.82, 2.24) is 4.90 Å². The molecule has 2 unspecified atom stereocenters. The van der Waals surface area contributed by atoms with Crippen LogP contribution >= 0.6 is 0 Å². The Kier molecular flexibility index (Phi) is 6.26. The zero-order valence-corrected chi connectivity index (χ0v) is 14.5. The van der Waals surface area contributed by atoms with Crippen molar-refractivity contribution in [2.24, 2.45) is 11.7 Å². The van der Waals surface area contributed by atoms with E-state index < -0.39 is 18.3 Å². The molecule has 0 aliphatic rings. The number of carbonyl (C=O) groups is 1. The molecule has 0 bridgehead atoms. The number of alkyl halides is 3. The summed E-state index contributed by atoms with van der Waals surface area (Å²) in [7, 11) is 1.59. The van der Waals surface area contributed by atoms with Crippen molar-refractivity contribution in [3.63, 3.8) is 0 Å². The summed E-state index contributed by atoms with van der Waals surface area (Å²) >= 11 is 0. The van der Waals surface area contributed by atoms with Crippen molar-refractivity contribution in [2.45, 2.75) is 25.9 Å². The van der Waals surface area contributed by atoms with E-state index >= 15 is 0 Å². The van der Waals surface area contributed by atoms with Crippen molar-refractivity contribution >= 4 is 5.91 Å². The van der Waals surface area contributed by atoms with Gasteiger partial charge in [-0.25, -0.2) is 0 Å². The maximum Gasteiger partial charge on any atom is 0.573 e. The van der Waals surface area contributed by atoms with Crippen LogP contribution < -0.4 is 10.5 Å². The van der Waals surface area contributed by atoms with E-state index in [4.69, 9.17) is 5.73 Å². The first-order valence-corrected chi connectivity index (χ1v) is 8.07. The smallest absolute Gasteiger partial charge is 0.406 e. The van der Waals surface area contributed by atoms with Gasteiger partial charge in [-0.15, -0.1) is 13.2 Å². The predicted molar refractivity (Wildman–Crippen MR) is 92.1 cm³/mol. The van der Waals surface area contributed by atoms with Crippen LogP contribution in [-0.2, 0) is 11.3 Å². The van der Waals surface area contributed by atoms with Crippen LogP contribution in [0.5, 0.6) is 5.75 Å². The molecule has 0 aliphatic heterocycles. The molecule has 2 aromatic rings. The van der Waals surface area contributed by atoms with Crippen molar-refractivity contribution in [3.8, 4) is 5.75 Å². The Morgan fingerprint density at radius 2 is 1.81 bits per heavy atom. The molecular formula is C19H21F3N2O2. The number of hydrogen-bond acceptors (Lipinski definition) is 3. The second-order valence-electron chi connectivity index (χ2n) is 6.11. The third kappa shape index (κ3) is 5.49. The molecule has 2 N–H and O–H groups in total. The lowest BCUT2D eigenvalue weighted by molar-refractivity contribution is -0.274. The molecule has 0 spiro atoms. The lowest BCUT2D eigenvalue weighted by Crippen LogP contribution is -2.36. The molecule has 4 nitrogen and oxygen atoms in total. The average molecular weight is 366 g/mol. The van der Waals surface area contributed by atoms with E-state index in [1.165, 1.54) is 23.1 Å². The van der Waals surface area contributed by atoms with Crippen LogP contribution in [0.3, 0.4) is 0 Å². The van der Waals surface area contributed by atoms with Gasteiger partial charge in [0, 0.05) is 19.6 Å². The molecule has 0 radical (unpaired) electrons. The summed E-state index contributed by atoms with van der Waals surface area (Å²) in [5.74, 6) is -0.981. The second-order valence-corrected chi connectivity index (χ2v) is 6.11. The normalized spacial score (nSPS) is 13.8. The topological polar surface area (TPSA) is 55.6 Å². The Labute approximate surface area is 150 Å². The van der Waals surface area contributed by atoms with E-state index in [0.29, 0.717) is 5.56 Å². The van der Waals surface area contributed by atoms with Crippen LogP contribution in [0, 0.1) is 5.92 Å². The van der Waals surface area contributed by atoms with Crippen molar-refractivity contribution in [2.75, 3.05) is 7.05 Å². The third-order valence-corrected chi connectivity index (χ3v) is 4.04. The Bertz CT molecular complexity index is 735. The highest BCUT2D eigenvalue weighted by Gasteiger charge is 2.31. The number of nitrogens with two attached hydrogens (primary N) is 1. The number of halogens is 3. The summed E-state index contributed by atoms with van der Waals surface area (Å²) in [6, 6.07) is 14.4. The van der Waals surface area contributed by atoms with Crippen molar-refractivity contribution < 1.29 is 22.7 Å². The molecule has 0 aliphatic carbocycles. The molecule has 0 saturated heterocycles. The van der Waals surface area contributed by atoms with E-state index in [0.717, 1.165) is 5.56 Å². The minimum absolute atomic E-state index is 0.153. The molecule has 2 atom stereocenters. The molecular weight excluding hydrogens is 345 g/mol. The van der Waals surface area contributed by atoms with Crippen LogP contribution in [0.25, 0.3) is 0 Å². The van der Waals surface area contributed by atoms with E-state index in [1.54, 1.807) is 20.0 Å². The van der Waals surface area contributed by atoms with Gasteiger partial charge in [0.2, 0.25) is 5.91 Å². The third-order valence-electron chi connectivity index (χ3n) is 4.04. The fraction of sp³-hybridized carbons (Fsp3) is 0.316. The molecule has 26 heavy (non-hydrogen) atoms. The lowest BCUT2D eigenvalue weighted by atomic mass is 9.94. The van der Waals surface area contributed by atoms with Crippen LogP contribution in [0.4, 0.5) is 13.2 Å². The highest BCUT2D eigenvalue weighted by atomic mass is 19.4. The minimum Gasteiger partial charge on any atom is -0.406 e. The van der Waals surface area contributed by atoms with E-state index in [9.17, 15) is 18.0 Å². The summed E-state index contributed by atoms with van der Waals surface area (Å²) < 4.78 is 40.9. The quantitative estimate of drug-likeness (QED) is 0.844. The number of hydrogen-bond donors (Lipinski definition) is 1. The molecule has 2 aromatic carbocycles. The van der Waals surface area contributed by atoms with Gasteiger partial charge < -0.3 is 15.4 Å². The average Bonchev–Trinajstić information content (AvgIpc) is 2.59. The minimum atomic E-state index is -4.75. The van der Waals surface area contributed by atoms with Crippen molar-refractivity contribution in [3.05, 3.63) is 65.7 Å². The van der Waals surface area contributed by atoms with E-state index in [1.807, 2.05) is 30.3 Å². The molecule has 2 rings (SSSR count). The Morgan fingerprint density at radius 3 is 2.42 bits per heavy atom. The SMILES string of the molecule is CC(C(=O)N(C)Cc1cccc(OC(F)(F)F)c1)C(N)c1ccccc1. The van der Waals surface area contributed by atoms with E-state index in [2.05, 4.69) is 4.74 Å². The van der Waals surface area contributed by atoms with Gasteiger partial charge in [0.1, 0.15) is 5.75 Å². The van der Waals surface area contributed by atoms with Gasteiger partial charge in [0.25, 0.3) is 0 Å². The van der Waals surface area contributed by atoms with Gasteiger partial charge >= 0.3 is 6.36 Å². The fourth-order valence-corrected chi connectivity index (χ4v) is 2.66. The molecule has 0 aromatic heterocycles. The number of carbonyl (C=O) groups excluding carboxylic acids is 1. The van der Waals surface area contributed by atoms with Crippen LogP contribution in [-0.4, -0.2) is 24.2 Å². The standard InChI is InChI=1S/C19H21F3N2O2/c1-13(17(23)15-8-4-3-5-9-15)18(25)24(2)12-14-7-6-10-16(11-14)26-19(20,21)22/h3-11,13,17H,12,23H2,1-2H3. The van der Waals surface area contributed by atoms with Gasteiger partial charge in [-0.3, -0.25) is 4.79 Å². The molecule has 0 saturated carbocycles. The zero-order valence-electron chi connectivity index (χ0n) is 14.5. The van der Waals surface area contributed by atoms with Gasteiger partial charge in [-0.2, -0.15) is 0 Å². The number of nitrogens with zero attached hydrogens (tertiary/aromatic N) is 1. The number of amides is 1. The van der Waals surface area contributed by atoms with Gasteiger partial charge in [0.15, 0.2) is 0 Å². The maximum absolute atomic E-state index is 12.6. The number of rotatable bonds is 6. The Balaban J connectivity index is 2.03. The summed E-state index contributed by atoms with van der Waals surface area (Å²) in [4.78, 5) is 14.1. The lowest BCUT2D eigenvalue weighted by Gasteiger charge is -2.25. The number of benzene rings is 2. The van der Waals surface area contributed by atoms with Crippen molar-refractivity contribution in [1.29, 1.82) is 0 Å². The van der Waals surface area contributed by atoms with Gasteiger partial charge in [-0.05, 0) is 23.3 Å². The molecule has 140 valence electrons. The zero-order chi connectivity index (χ0) is 19.3. The van der Waals surface area contributed by atoms with E-state index in [-0.39, 0.29) is 18.2 Å². The summed E-state index contributed by atoms with van der Waals surface area (Å²) in [5, 5.41) is 0. The first kappa shape index (κ1) is 19.8. The van der Waals surface area contributed by atoms with Gasteiger partial charge in [0.05, 0.1) is 5.92 Å². The number of ether oxygens (including phenoxy) is 1. The first-order valence-electron chi connectivity index (χ1n) is 8.07. The van der Waals surface area contributed by atoms with Crippen LogP contribution in [0.2, 0.25) is 0 Å². The molecule has 0 heterocycles. The highest BCUT2D eigenvalue weighted by molar-refractivity contribution is 5.79. The van der Waals surface area contributed by atoms with Crippen LogP contribution in [0.15, 0.2) is 54.6 Å². The molecule has 7 heteroatoms. The Hall–Kier alpha value is -2.54. The predicted octanol–water partition coefficient (Wildman–Crippen LogP) is 3.88. The fourth-order valence-electron chi connectivity index (χ4n) is 2.66. The molecule has 0 fully saturated rings. The second kappa shape index (κ2) is 8.23. The molecule has 1 amide bonds. The Morgan fingerprint density at radius 1 is 1.15 bits per heavy atom. The maximum atomic E-state index is 12.6.